The van der Waals surface area contributed by atoms with Gasteiger partial charge in [0.05, 0.1) is 5.69 Å². The minimum Gasteiger partial charge on any atom is -0.361 e. The SMILES string of the molecule is CCc1csc(NCC(C)(C)CCl)n1. The topological polar surface area (TPSA) is 24.9 Å². The molecule has 4 heteroatoms. The Balaban J connectivity index is 2.45. The Bertz CT molecular complexity index is 283. The largest absolute Gasteiger partial charge is 0.361 e. The van der Waals surface area contributed by atoms with E-state index in [-0.39, 0.29) is 5.41 Å². The molecule has 1 aromatic rings. The molecule has 0 saturated heterocycles. The predicted molar refractivity (Wildman–Crippen MR) is 64.5 cm³/mol. The van der Waals surface area contributed by atoms with Gasteiger partial charge in [-0.1, -0.05) is 20.8 Å². The van der Waals surface area contributed by atoms with Gasteiger partial charge in [-0.15, -0.1) is 22.9 Å². The van der Waals surface area contributed by atoms with Crippen LogP contribution in [0.2, 0.25) is 0 Å². The van der Waals surface area contributed by atoms with Gasteiger partial charge < -0.3 is 5.32 Å². The molecule has 0 saturated carbocycles. The predicted octanol–water partition coefficient (Wildman–Crippen LogP) is 3.38. The lowest BCUT2D eigenvalue weighted by Crippen LogP contribution is -2.24. The van der Waals surface area contributed by atoms with Crippen LogP contribution in [0.15, 0.2) is 5.38 Å². The lowest BCUT2D eigenvalue weighted by atomic mass is 9.97. The van der Waals surface area contributed by atoms with Crippen molar-refractivity contribution in [3.05, 3.63) is 11.1 Å². The Morgan fingerprint density at radius 1 is 1.57 bits per heavy atom. The molecule has 80 valence electrons. The number of nitrogens with one attached hydrogen (secondary N) is 1. The van der Waals surface area contributed by atoms with Crippen LogP contribution in [0, 0.1) is 5.41 Å². The molecule has 0 radical (unpaired) electrons. The summed E-state index contributed by atoms with van der Waals surface area (Å²) in [5, 5.41) is 6.41. The van der Waals surface area contributed by atoms with Crippen LogP contribution in [0.4, 0.5) is 5.13 Å². The maximum Gasteiger partial charge on any atom is 0.182 e. The number of hydrogen-bond acceptors (Lipinski definition) is 3. The van der Waals surface area contributed by atoms with E-state index in [1.807, 2.05) is 0 Å². The molecule has 0 atom stereocenters. The first kappa shape index (κ1) is 11.8. The number of aryl methyl sites for hydroxylation is 1. The smallest absolute Gasteiger partial charge is 0.182 e. The molecule has 0 fully saturated rings. The first-order valence-electron chi connectivity index (χ1n) is 4.81. The van der Waals surface area contributed by atoms with E-state index in [1.54, 1.807) is 11.3 Å². The maximum absolute atomic E-state index is 5.83. The Labute approximate surface area is 94.7 Å². The minimum atomic E-state index is 0.125. The van der Waals surface area contributed by atoms with Crippen LogP contribution >= 0.6 is 22.9 Å². The van der Waals surface area contributed by atoms with Crippen molar-refractivity contribution in [3.8, 4) is 0 Å². The van der Waals surface area contributed by atoms with Crippen molar-refractivity contribution in [1.82, 2.24) is 4.98 Å². The molecule has 1 N–H and O–H groups in total. The second kappa shape index (κ2) is 4.99. The molecule has 1 rings (SSSR count). The van der Waals surface area contributed by atoms with Gasteiger partial charge in [0.2, 0.25) is 0 Å². The van der Waals surface area contributed by atoms with Gasteiger partial charge in [0.1, 0.15) is 0 Å². The number of rotatable bonds is 5. The van der Waals surface area contributed by atoms with Crippen LogP contribution in [0.3, 0.4) is 0 Å². The molecule has 0 aromatic carbocycles. The van der Waals surface area contributed by atoms with Crippen LogP contribution < -0.4 is 5.32 Å². The number of nitrogens with zero attached hydrogens (tertiary/aromatic N) is 1. The van der Waals surface area contributed by atoms with E-state index in [4.69, 9.17) is 11.6 Å². The lowest BCUT2D eigenvalue weighted by Gasteiger charge is -2.21. The summed E-state index contributed by atoms with van der Waals surface area (Å²) in [5.41, 5.74) is 1.28. The normalized spacial score (nSPS) is 11.7. The van der Waals surface area contributed by atoms with Crippen molar-refractivity contribution in [2.45, 2.75) is 27.2 Å². The highest BCUT2D eigenvalue weighted by Gasteiger charge is 2.16. The molecule has 0 unspecified atom stereocenters. The molecule has 14 heavy (non-hydrogen) atoms. The van der Waals surface area contributed by atoms with Gasteiger partial charge in [0.15, 0.2) is 5.13 Å². The highest BCUT2D eigenvalue weighted by Crippen LogP contribution is 2.20. The summed E-state index contributed by atoms with van der Waals surface area (Å²) in [5.74, 6) is 0.659. The van der Waals surface area contributed by atoms with Gasteiger partial charge in [0, 0.05) is 17.8 Å². The van der Waals surface area contributed by atoms with Crippen molar-refractivity contribution < 1.29 is 0 Å². The molecule has 1 heterocycles. The molecule has 0 amide bonds. The minimum absolute atomic E-state index is 0.125. The zero-order chi connectivity index (χ0) is 10.6. The highest BCUT2D eigenvalue weighted by atomic mass is 35.5. The van der Waals surface area contributed by atoms with E-state index in [0.29, 0.717) is 5.88 Å². The van der Waals surface area contributed by atoms with Crippen LogP contribution in [0.25, 0.3) is 0 Å². The Morgan fingerprint density at radius 3 is 2.79 bits per heavy atom. The highest BCUT2D eigenvalue weighted by molar-refractivity contribution is 7.13. The van der Waals surface area contributed by atoms with Crippen molar-refractivity contribution in [2.24, 2.45) is 5.41 Å². The quantitative estimate of drug-likeness (QED) is 0.788. The molecule has 0 spiro atoms. The molecule has 0 aliphatic rings. The standard InChI is InChI=1S/C10H17ClN2S/c1-4-8-5-14-9(13-8)12-7-10(2,3)6-11/h5H,4,6-7H2,1-3H3,(H,12,13). The van der Waals surface area contributed by atoms with Gasteiger partial charge in [-0.05, 0) is 11.8 Å². The Kier molecular flexibility index (Phi) is 4.20. The lowest BCUT2D eigenvalue weighted by molar-refractivity contribution is 0.450. The number of hydrogen-bond donors (Lipinski definition) is 1. The molecule has 2 nitrogen and oxygen atoms in total. The summed E-state index contributed by atoms with van der Waals surface area (Å²) in [6.45, 7) is 7.26. The van der Waals surface area contributed by atoms with Crippen molar-refractivity contribution in [2.75, 3.05) is 17.7 Å². The fourth-order valence-electron chi connectivity index (χ4n) is 0.913. The Hall–Kier alpha value is -0.280. The average molecular weight is 233 g/mol. The summed E-state index contributed by atoms with van der Waals surface area (Å²) in [4.78, 5) is 4.43. The van der Waals surface area contributed by atoms with Gasteiger partial charge in [0.25, 0.3) is 0 Å². The summed E-state index contributed by atoms with van der Waals surface area (Å²) in [6.07, 6.45) is 0.997. The van der Waals surface area contributed by atoms with Gasteiger partial charge >= 0.3 is 0 Å². The second-order valence-electron chi connectivity index (χ2n) is 4.15. The number of anilines is 1. The number of aromatic nitrogens is 1. The number of halogens is 1. The molecule has 0 aliphatic heterocycles. The van der Waals surface area contributed by atoms with Crippen molar-refractivity contribution in [3.63, 3.8) is 0 Å². The molecular formula is C10H17ClN2S. The first-order valence-corrected chi connectivity index (χ1v) is 6.23. The van der Waals surface area contributed by atoms with Crippen molar-refractivity contribution >= 4 is 28.1 Å². The van der Waals surface area contributed by atoms with E-state index in [9.17, 15) is 0 Å². The third kappa shape index (κ3) is 3.46. The summed E-state index contributed by atoms with van der Waals surface area (Å²) in [6, 6.07) is 0. The van der Waals surface area contributed by atoms with Crippen LogP contribution in [-0.4, -0.2) is 17.4 Å². The zero-order valence-electron chi connectivity index (χ0n) is 8.93. The van der Waals surface area contributed by atoms with Crippen molar-refractivity contribution in [1.29, 1.82) is 0 Å². The van der Waals surface area contributed by atoms with E-state index in [1.165, 1.54) is 0 Å². The van der Waals surface area contributed by atoms with Crippen LogP contribution in [-0.2, 0) is 6.42 Å². The fourth-order valence-corrected chi connectivity index (χ4v) is 1.80. The molecule has 0 aliphatic carbocycles. The molecule has 1 aromatic heterocycles. The second-order valence-corrected chi connectivity index (χ2v) is 5.27. The number of alkyl halides is 1. The van der Waals surface area contributed by atoms with Gasteiger partial charge in [-0.25, -0.2) is 4.98 Å². The van der Waals surface area contributed by atoms with Gasteiger partial charge in [-0.2, -0.15) is 0 Å². The first-order chi connectivity index (χ1) is 6.57. The monoisotopic (exact) mass is 232 g/mol. The van der Waals surface area contributed by atoms with E-state index >= 15 is 0 Å². The summed E-state index contributed by atoms with van der Waals surface area (Å²) in [7, 11) is 0. The molecular weight excluding hydrogens is 216 g/mol. The van der Waals surface area contributed by atoms with Crippen LogP contribution in [0.5, 0.6) is 0 Å². The van der Waals surface area contributed by atoms with E-state index in [2.05, 4.69) is 36.5 Å². The van der Waals surface area contributed by atoms with E-state index < -0.39 is 0 Å². The fraction of sp³-hybridized carbons (Fsp3) is 0.700. The Morgan fingerprint density at radius 2 is 2.29 bits per heavy atom. The number of thiazole rings is 1. The van der Waals surface area contributed by atoms with Gasteiger partial charge in [-0.3, -0.25) is 0 Å². The zero-order valence-corrected chi connectivity index (χ0v) is 10.5. The summed E-state index contributed by atoms with van der Waals surface area (Å²) >= 11 is 7.49. The summed E-state index contributed by atoms with van der Waals surface area (Å²) < 4.78 is 0. The van der Waals surface area contributed by atoms with E-state index in [0.717, 1.165) is 23.8 Å². The third-order valence-corrected chi connectivity index (χ3v) is 3.57. The maximum atomic E-state index is 5.83. The average Bonchev–Trinajstić information content (AvgIpc) is 2.63. The molecule has 0 bridgehead atoms. The third-order valence-electron chi connectivity index (χ3n) is 1.99. The van der Waals surface area contributed by atoms with Crippen LogP contribution in [0.1, 0.15) is 26.5 Å².